The van der Waals surface area contributed by atoms with Gasteiger partial charge in [-0.15, -0.1) is 0 Å². The van der Waals surface area contributed by atoms with Gasteiger partial charge in [-0.3, -0.25) is 0 Å². The maximum absolute atomic E-state index is 2.37. The molecule has 3 heteroatoms. The van der Waals surface area contributed by atoms with E-state index < -0.39 is 0 Å². The molecule has 0 radical (unpaired) electrons. The molecule has 0 spiro atoms. The van der Waals surface area contributed by atoms with E-state index in [9.17, 15) is 0 Å². The molecule has 10 aromatic rings. The Labute approximate surface area is 345 Å². The van der Waals surface area contributed by atoms with Gasteiger partial charge in [0.05, 0.1) is 11.4 Å². The smallest absolute Gasteiger partial charge is 0.0540 e. The average Bonchev–Trinajstić information content (AvgIpc) is 3.31. The lowest BCUT2D eigenvalue weighted by Crippen LogP contribution is -2.12. The number of fused-ring (bicyclic) bond motifs is 2. The molecule has 0 amide bonds. The fourth-order valence-corrected chi connectivity index (χ4v) is 8.20. The van der Waals surface area contributed by atoms with Crippen molar-refractivity contribution in [2.75, 3.05) is 14.7 Å². The summed E-state index contributed by atoms with van der Waals surface area (Å²) in [7, 11) is 0. The van der Waals surface area contributed by atoms with Gasteiger partial charge in [0.2, 0.25) is 0 Å². The first-order chi connectivity index (χ1) is 29.3. The second-order valence-corrected chi connectivity index (χ2v) is 14.6. The van der Waals surface area contributed by atoms with Gasteiger partial charge in [-0.05, 0) is 119 Å². The maximum atomic E-state index is 2.37. The van der Waals surface area contributed by atoms with Crippen molar-refractivity contribution in [3.05, 3.63) is 249 Å². The van der Waals surface area contributed by atoms with Crippen LogP contribution in [-0.4, -0.2) is 0 Å². The molecule has 0 aliphatic rings. The third kappa shape index (κ3) is 7.07. The van der Waals surface area contributed by atoms with Crippen molar-refractivity contribution in [3.63, 3.8) is 0 Å². The van der Waals surface area contributed by atoms with Crippen molar-refractivity contribution in [3.8, 4) is 11.1 Å². The zero-order valence-electron chi connectivity index (χ0n) is 32.5. The van der Waals surface area contributed by atoms with Crippen LogP contribution in [0.2, 0.25) is 0 Å². The predicted molar refractivity (Wildman–Crippen MR) is 251 cm³/mol. The Morgan fingerprint density at radius 1 is 0.186 bits per heavy atom. The number of hydrogen-bond donors (Lipinski definition) is 0. The lowest BCUT2D eigenvalue weighted by molar-refractivity contribution is 1.26. The number of rotatable bonds is 10. The van der Waals surface area contributed by atoms with E-state index in [4.69, 9.17) is 0 Å². The van der Waals surface area contributed by atoms with Crippen molar-refractivity contribution in [1.82, 2.24) is 0 Å². The van der Waals surface area contributed by atoms with E-state index in [0.29, 0.717) is 0 Å². The molecule has 10 rings (SSSR count). The SMILES string of the molecule is c1ccc(N(c2ccccc2)c2ccc(N(c3ccc(-c4ccc(N(c5ccccc5)c5cccc6ccccc56)cc4)cc3)c3cccc4ccccc34)cc2)cc1. The van der Waals surface area contributed by atoms with Gasteiger partial charge >= 0.3 is 0 Å². The third-order valence-electron chi connectivity index (χ3n) is 11.0. The molecule has 10 aromatic carbocycles. The first kappa shape index (κ1) is 35.5. The second kappa shape index (κ2) is 15.9. The minimum Gasteiger partial charge on any atom is -0.311 e. The van der Waals surface area contributed by atoms with Crippen molar-refractivity contribution in [2.45, 2.75) is 0 Å². The topological polar surface area (TPSA) is 9.72 Å². The van der Waals surface area contributed by atoms with Gasteiger partial charge in [0.15, 0.2) is 0 Å². The largest absolute Gasteiger partial charge is 0.311 e. The molecular formula is C56H41N3. The molecule has 59 heavy (non-hydrogen) atoms. The molecule has 0 saturated heterocycles. The predicted octanol–water partition coefficient (Wildman–Crippen LogP) is 16.1. The minimum absolute atomic E-state index is 1.08. The molecule has 280 valence electrons. The molecule has 0 atom stereocenters. The summed E-state index contributed by atoms with van der Waals surface area (Å²) in [6, 6.07) is 88.8. The van der Waals surface area contributed by atoms with Gasteiger partial charge in [0, 0.05) is 50.6 Å². The summed E-state index contributed by atoms with van der Waals surface area (Å²) in [5.41, 5.74) is 12.3. The van der Waals surface area contributed by atoms with Gasteiger partial charge in [0.1, 0.15) is 0 Å². The Balaban J connectivity index is 1.01. The molecular weight excluding hydrogens is 715 g/mol. The highest BCUT2D eigenvalue weighted by Crippen LogP contribution is 2.43. The highest BCUT2D eigenvalue weighted by Gasteiger charge is 2.19. The maximum Gasteiger partial charge on any atom is 0.0540 e. The van der Waals surface area contributed by atoms with Crippen LogP contribution in [0.15, 0.2) is 249 Å². The van der Waals surface area contributed by atoms with Crippen LogP contribution < -0.4 is 14.7 Å². The number of benzene rings is 10. The normalized spacial score (nSPS) is 11.1. The van der Waals surface area contributed by atoms with E-state index in [-0.39, 0.29) is 0 Å². The standard InChI is InChI=1S/C56H41N3/c1-4-20-46(21-5-1)57(47-22-6-2-7-23-47)49-38-40-52(41-39-49)59(56-29-15-19-45-17-11-13-27-54(45)56)51-36-32-43(33-37-51)42-30-34-50(35-31-42)58(48-24-8-3-9-25-48)55-28-14-18-44-16-10-12-26-53(44)55/h1-41H. The molecule has 0 aromatic heterocycles. The Morgan fingerprint density at radius 3 is 0.847 bits per heavy atom. The first-order valence-electron chi connectivity index (χ1n) is 20.1. The van der Waals surface area contributed by atoms with Crippen molar-refractivity contribution >= 4 is 72.7 Å². The first-order valence-corrected chi connectivity index (χ1v) is 20.1. The Kier molecular flexibility index (Phi) is 9.59. The fourth-order valence-electron chi connectivity index (χ4n) is 8.20. The lowest BCUT2D eigenvalue weighted by Gasteiger charge is -2.29. The summed E-state index contributed by atoms with van der Waals surface area (Å²) in [5.74, 6) is 0. The zero-order valence-corrected chi connectivity index (χ0v) is 32.5. The molecule has 0 heterocycles. The lowest BCUT2D eigenvalue weighted by atomic mass is 10.0. The molecule has 0 aliphatic carbocycles. The highest BCUT2D eigenvalue weighted by molar-refractivity contribution is 6.00. The molecule has 0 fully saturated rings. The molecule has 0 saturated carbocycles. The van der Waals surface area contributed by atoms with E-state index in [1.54, 1.807) is 0 Å². The van der Waals surface area contributed by atoms with Crippen molar-refractivity contribution in [1.29, 1.82) is 0 Å². The van der Waals surface area contributed by atoms with E-state index in [0.717, 1.165) is 62.3 Å². The van der Waals surface area contributed by atoms with Gasteiger partial charge in [-0.1, -0.05) is 152 Å². The van der Waals surface area contributed by atoms with Gasteiger partial charge in [-0.25, -0.2) is 0 Å². The van der Waals surface area contributed by atoms with Crippen LogP contribution in [0.5, 0.6) is 0 Å². The Morgan fingerprint density at radius 2 is 0.458 bits per heavy atom. The quantitative estimate of drug-likeness (QED) is 0.138. The van der Waals surface area contributed by atoms with Crippen molar-refractivity contribution < 1.29 is 0 Å². The molecule has 3 nitrogen and oxygen atoms in total. The van der Waals surface area contributed by atoms with Gasteiger partial charge < -0.3 is 14.7 Å². The van der Waals surface area contributed by atoms with Crippen LogP contribution in [-0.2, 0) is 0 Å². The summed E-state index contributed by atoms with van der Waals surface area (Å²) < 4.78 is 0. The average molecular weight is 756 g/mol. The second-order valence-electron chi connectivity index (χ2n) is 14.6. The Hall–Kier alpha value is -7.88. The van der Waals surface area contributed by atoms with Crippen LogP contribution in [0.3, 0.4) is 0 Å². The van der Waals surface area contributed by atoms with E-state index in [2.05, 4.69) is 263 Å². The number of nitrogens with zero attached hydrogens (tertiary/aromatic N) is 3. The molecule has 0 bridgehead atoms. The van der Waals surface area contributed by atoms with E-state index in [1.165, 1.54) is 21.5 Å². The fraction of sp³-hybridized carbons (Fsp3) is 0. The number of anilines is 9. The van der Waals surface area contributed by atoms with Crippen LogP contribution in [0, 0.1) is 0 Å². The number of hydrogen-bond acceptors (Lipinski definition) is 3. The van der Waals surface area contributed by atoms with Gasteiger partial charge in [-0.2, -0.15) is 0 Å². The van der Waals surface area contributed by atoms with Gasteiger partial charge in [0.25, 0.3) is 0 Å². The van der Waals surface area contributed by atoms with E-state index in [1.807, 2.05) is 0 Å². The molecule has 0 N–H and O–H groups in total. The summed E-state index contributed by atoms with van der Waals surface area (Å²) >= 11 is 0. The number of para-hydroxylation sites is 3. The Bertz CT molecular complexity index is 2910. The van der Waals surface area contributed by atoms with Crippen LogP contribution in [0.1, 0.15) is 0 Å². The molecule has 0 aliphatic heterocycles. The van der Waals surface area contributed by atoms with E-state index >= 15 is 0 Å². The van der Waals surface area contributed by atoms with Crippen LogP contribution in [0.25, 0.3) is 32.7 Å². The molecule has 0 unspecified atom stereocenters. The summed E-state index contributed by atoms with van der Waals surface area (Å²) in [5, 5.41) is 4.84. The monoisotopic (exact) mass is 755 g/mol. The summed E-state index contributed by atoms with van der Waals surface area (Å²) in [4.78, 5) is 7.02. The summed E-state index contributed by atoms with van der Waals surface area (Å²) in [6.07, 6.45) is 0. The van der Waals surface area contributed by atoms with Crippen molar-refractivity contribution in [2.24, 2.45) is 0 Å². The third-order valence-corrected chi connectivity index (χ3v) is 11.0. The van der Waals surface area contributed by atoms with Crippen LogP contribution >= 0.6 is 0 Å². The highest BCUT2D eigenvalue weighted by atomic mass is 15.2. The summed E-state index contributed by atoms with van der Waals surface area (Å²) in [6.45, 7) is 0. The zero-order chi connectivity index (χ0) is 39.4. The minimum atomic E-state index is 1.08. The van der Waals surface area contributed by atoms with Crippen LogP contribution in [0.4, 0.5) is 51.2 Å².